The van der Waals surface area contributed by atoms with E-state index >= 15 is 0 Å². The molecule has 0 spiro atoms. The Morgan fingerprint density at radius 2 is 2.18 bits per heavy atom. The summed E-state index contributed by atoms with van der Waals surface area (Å²) in [6.07, 6.45) is -5.69. The van der Waals surface area contributed by atoms with Gasteiger partial charge in [0.1, 0.15) is 5.82 Å². The number of cyclic esters (lactones) is 1. The minimum Gasteiger partial charge on any atom is -0.434 e. The van der Waals surface area contributed by atoms with Crippen LogP contribution < -0.4 is 10.6 Å². The van der Waals surface area contributed by atoms with Crippen molar-refractivity contribution < 1.29 is 31.9 Å². The zero-order valence-electron chi connectivity index (χ0n) is 14.6. The molecule has 154 valence electrons. The molecule has 28 heavy (non-hydrogen) atoms. The van der Waals surface area contributed by atoms with Crippen LogP contribution in [0, 0.1) is 11.7 Å². The molecule has 0 aliphatic carbocycles. The number of nitrogens with one attached hydrogen (secondary N) is 2. The van der Waals surface area contributed by atoms with Gasteiger partial charge in [-0.2, -0.15) is 13.2 Å². The van der Waals surface area contributed by atoms with Crippen LogP contribution in [0.1, 0.15) is 18.0 Å². The molecule has 11 heteroatoms. The number of nitrogens with zero attached hydrogens (tertiary/aromatic N) is 1. The highest BCUT2D eigenvalue weighted by atomic mass is 35.5. The lowest BCUT2D eigenvalue weighted by Gasteiger charge is -2.27. The number of rotatable bonds is 5. The van der Waals surface area contributed by atoms with Crippen LogP contribution in [0.5, 0.6) is 0 Å². The second-order valence-corrected chi connectivity index (χ2v) is 7.24. The van der Waals surface area contributed by atoms with Gasteiger partial charge >= 0.3 is 12.3 Å². The molecule has 0 aromatic heterocycles. The molecule has 2 fully saturated rings. The van der Waals surface area contributed by atoms with Crippen LogP contribution in [0.4, 0.5) is 22.4 Å². The van der Waals surface area contributed by atoms with Gasteiger partial charge in [-0.3, -0.25) is 9.69 Å². The summed E-state index contributed by atoms with van der Waals surface area (Å²) >= 11 is 5.84. The lowest BCUT2D eigenvalue weighted by Crippen LogP contribution is -2.42. The average Bonchev–Trinajstić information content (AvgIpc) is 3.23. The summed E-state index contributed by atoms with van der Waals surface area (Å²) in [5.41, 5.74) is 0.468. The van der Waals surface area contributed by atoms with Crippen LogP contribution in [0.3, 0.4) is 0 Å². The van der Waals surface area contributed by atoms with E-state index in [0.717, 1.165) is 6.07 Å². The molecule has 6 nitrogen and oxygen atoms in total. The van der Waals surface area contributed by atoms with Crippen LogP contribution in [-0.2, 0) is 9.53 Å². The van der Waals surface area contributed by atoms with Crippen molar-refractivity contribution in [2.75, 3.05) is 26.2 Å². The standard InChI is InChI=1S/C17H18ClF4N3O3/c18-11-5-9(1-2-12(11)19)14(24-15(26)13-6-23-16(27)28-13)10-3-4-25(7-10)8-17(20,21)22/h1-2,5,10,13-14H,3-4,6-8H2,(H,23,27)(H,24,26)/t10-,13+,14-/m1/s1. The van der Waals surface area contributed by atoms with Gasteiger partial charge in [0.2, 0.25) is 0 Å². The monoisotopic (exact) mass is 423 g/mol. The third kappa shape index (κ3) is 5.05. The zero-order valence-corrected chi connectivity index (χ0v) is 15.3. The molecule has 2 heterocycles. The van der Waals surface area contributed by atoms with Crippen molar-refractivity contribution >= 4 is 23.6 Å². The maximum absolute atomic E-state index is 13.5. The van der Waals surface area contributed by atoms with Crippen LogP contribution in [0.25, 0.3) is 0 Å². The first kappa shape index (κ1) is 20.7. The van der Waals surface area contributed by atoms with Gasteiger partial charge in [-0.15, -0.1) is 0 Å². The molecule has 2 saturated heterocycles. The van der Waals surface area contributed by atoms with E-state index in [2.05, 4.69) is 10.6 Å². The zero-order chi connectivity index (χ0) is 20.5. The van der Waals surface area contributed by atoms with E-state index in [0.29, 0.717) is 12.0 Å². The van der Waals surface area contributed by atoms with Crippen molar-refractivity contribution in [3.8, 4) is 0 Å². The van der Waals surface area contributed by atoms with Gasteiger partial charge in [0, 0.05) is 6.54 Å². The first-order valence-electron chi connectivity index (χ1n) is 8.61. The van der Waals surface area contributed by atoms with E-state index in [4.69, 9.17) is 16.3 Å². The highest BCUT2D eigenvalue weighted by molar-refractivity contribution is 6.30. The molecule has 0 saturated carbocycles. The van der Waals surface area contributed by atoms with Gasteiger partial charge in [-0.25, -0.2) is 9.18 Å². The molecule has 2 aliphatic heterocycles. The first-order valence-corrected chi connectivity index (χ1v) is 8.99. The van der Waals surface area contributed by atoms with E-state index in [1.165, 1.54) is 17.0 Å². The third-order valence-electron chi connectivity index (χ3n) is 4.76. The van der Waals surface area contributed by atoms with Crippen LogP contribution >= 0.6 is 11.6 Å². The van der Waals surface area contributed by atoms with Crippen LogP contribution in [0.15, 0.2) is 18.2 Å². The fraction of sp³-hybridized carbons (Fsp3) is 0.529. The van der Waals surface area contributed by atoms with Gasteiger partial charge in [0.05, 0.1) is 24.2 Å². The Morgan fingerprint density at radius 1 is 1.43 bits per heavy atom. The molecule has 2 N–H and O–H groups in total. The molecule has 1 aromatic rings. The number of amides is 2. The molecule has 0 bridgehead atoms. The molecule has 3 rings (SSSR count). The number of carbonyl (C=O) groups is 2. The predicted molar refractivity (Wildman–Crippen MR) is 91.2 cm³/mol. The predicted octanol–water partition coefficient (Wildman–Crippen LogP) is 2.63. The van der Waals surface area contributed by atoms with Crippen molar-refractivity contribution in [2.24, 2.45) is 5.92 Å². The molecular weight excluding hydrogens is 406 g/mol. The summed E-state index contributed by atoms with van der Waals surface area (Å²) in [7, 11) is 0. The number of alkyl carbamates (subject to hydrolysis) is 1. The van der Waals surface area contributed by atoms with Crippen LogP contribution in [-0.4, -0.2) is 55.4 Å². The maximum Gasteiger partial charge on any atom is 0.408 e. The normalized spacial score (nSPS) is 24.0. The molecule has 0 unspecified atom stereocenters. The maximum atomic E-state index is 13.5. The van der Waals surface area contributed by atoms with Gasteiger partial charge in [0.25, 0.3) is 5.91 Å². The summed E-state index contributed by atoms with van der Waals surface area (Å²) in [6, 6.07) is 3.20. The minimum absolute atomic E-state index is 0.00751. The van der Waals surface area contributed by atoms with Gasteiger partial charge in [-0.1, -0.05) is 17.7 Å². The number of ether oxygens (including phenoxy) is 1. The van der Waals surface area contributed by atoms with E-state index < -0.39 is 42.7 Å². The Morgan fingerprint density at radius 3 is 2.79 bits per heavy atom. The number of hydrogen-bond donors (Lipinski definition) is 2. The van der Waals surface area contributed by atoms with Gasteiger partial charge in [0.15, 0.2) is 6.10 Å². The van der Waals surface area contributed by atoms with Crippen molar-refractivity contribution in [3.63, 3.8) is 0 Å². The number of hydrogen-bond acceptors (Lipinski definition) is 4. The summed E-state index contributed by atoms with van der Waals surface area (Å²) in [5, 5.41) is 4.92. The highest BCUT2D eigenvalue weighted by Gasteiger charge is 2.39. The molecule has 2 amide bonds. The van der Waals surface area contributed by atoms with E-state index in [9.17, 15) is 27.2 Å². The van der Waals surface area contributed by atoms with E-state index in [-0.39, 0.29) is 30.6 Å². The van der Waals surface area contributed by atoms with Gasteiger partial charge < -0.3 is 15.4 Å². The van der Waals surface area contributed by atoms with Crippen molar-refractivity contribution in [1.82, 2.24) is 15.5 Å². The smallest absolute Gasteiger partial charge is 0.408 e. The molecule has 0 radical (unpaired) electrons. The summed E-state index contributed by atoms with van der Waals surface area (Å²) in [6.45, 7) is -0.738. The van der Waals surface area contributed by atoms with Crippen molar-refractivity contribution in [1.29, 1.82) is 0 Å². The summed E-state index contributed by atoms with van der Waals surface area (Å²) in [5.74, 6) is -1.58. The van der Waals surface area contributed by atoms with Crippen LogP contribution in [0.2, 0.25) is 5.02 Å². The SMILES string of the molecule is O=C1NC[C@@H](C(=O)N[C@H](c2ccc(F)c(Cl)c2)[C@@H]2CCN(CC(F)(F)F)C2)O1. The molecular formula is C17H18ClF4N3O3. The lowest BCUT2D eigenvalue weighted by atomic mass is 9.92. The molecule has 3 atom stereocenters. The number of halogens is 5. The Kier molecular flexibility index (Phi) is 5.99. The number of alkyl halides is 3. The topological polar surface area (TPSA) is 70.7 Å². The Bertz CT molecular complexity index is 762. The fourth-order valence-corrected chi connectivity index (χ4v) is 3.68. The quantitative estimate of drug-likeness (QED) is 0.714. The summed E-state index contributed by atoms with van der Waals surface area (Å²) < 4.78 is 56.4. The van der Waals surface area contributed by atoms with Crippen molar-refractivity contribution in [2.45, 2.75) is 24.7 Å². The summed E-state index contributed by atoms with van der Waals surface area (Å²) in [4.78, 5) is 24.9. The van der Waals surface area contributed by atoms with E-state index in [1.54, 1.807) is 0 Å². The first-order chi connectivity index (χ1) is 13.1. The lowest BCUT2D eigenvalue weighted by molar-refractivity contribution is -0.144. The van der Waals surface area contributed by atoms with Crippen molar-refractivity contribution in [3.05, 3.63) is 34.6 Å². The Hall–Kier alpha value is -2.07. The second kappa shape index (κ2) is 8.12. The Balaban J connectivity index is 1.77. The molecule has 2 aliphatic rings. The van der Waals surface area contributed by atoms with Gasteiger partial charge in [-0.05, 0) is 36.6 Å². The highest BCUT2D eigenvalue weighted by Crippen LogP contribution is 2.33. The fourth-order valence-electron chi connectivity index (χ4n) is 3.49. The third-order valence-corrected chi connectivity index (χ3v) is 5.05. The number of benzene rings is 1. The average molecular weight is 424 g/mol. The second-order valence-electron chi connectivity index (χ2n) is 6.83. The number of likely N-dealkylation sites (tertiary alicyclic amines) is 1. The largest absolute Gasteiger partial charge is 0.434 e. The van der Waals surface area contributed by atoms with E-state index in [1.807, 2.05) is 0 Å². The Labute approximate surface area is 163 Å². The number of carbonyl (C=O) groups excluding carboxylic acids is 2. The molecule has 1 aromatic carbocycles. The minimum atomic E-state index is -4.32.